The van der Waals surface area contributed by atoms with Crippen molar-refractivity contribution < 1.29 is 8.78 Å². The van der Waals surface area contributed by atoms with Gasteiger partial charge in [-0.2, -0.15) is 0 Å². The highest BCUT2D eigenvalue weighted by Gasteiger charge is 2.10. The maximum absolute atomic E-state index is 13.2. The Bertz CT molecular complexity index is 605. The van der Waals surface area contributed by atoms with E-state index in [1.807, 2.05) is 6.92 Å². The Morgan fingerprint density at radius 2 is 2.00 bits per heavy atom. The summed E-state index contributed by atoms with van der Waals surface area (Å²) in [6.07, 6.45) is 2.46. The average Bonchev–Trinajstić information content (AvgIpc) is 2.44. The van der Waals surface area contributed by atoms with Crippen LogP contribution < -0.4 is 5.32 Å². The lowest BCUT2D eigenvalue weighted by Crippen LogP contribution is -2.05. The minimum Gasteiger partial charge on any atom is -0.370 e. The summed E-state index contributed by atoms with van der Waals surface area (Å²) in [5, 5.41) is 3.94. The molecule has 1 aromatic heterocycles. The molecule has 2 rings (SSSR count). The number of halogens is 2. The number of rotatable bonds is 5. The molecule has 0 saturated carbocycles. The van der Waals surface area contributed by atoms with Crippen molar-refractivity contribution in [3.05, 3.63) is 41.7 Å². The van der Waals surface area contributed by atoms with Crippen LogP contribution in [0.1, 0.15) is 18.9 Å². The fourth-order valence-corrected chi connectivity index (χ4v) is 2.48. The maximum atomic E-state index is 13.2. The van der Waals surface area contributed by atoms with E-state index in [9.17, 15) is 8.78 Å². The molecule has 0 spiro atoms. The van der Waals surface area contributed by atoms with E-state index in [0.717, 1.165) is 35.4 Å². The van der Waals surface area contributed by atoms with Crippen molar-refractivity contribution in [2.24, 2.45) is 0 Å². The van der Waals surface area contributed by atoms with Crippen molar-refractivity contribution in [1.29, 1.82) is 0 Å². The molecule has 0 unspecified atom stereocenters. The van der Waals surface area contributed by atoms with E-state index in [0.29, 0.717) is 4.90 Å². The van der Waals surface area contributed by atoms with Crippen LogP contribution in [0.3, 0.4) is 0 Å². The van der Waals surface area contributed by atoms with Crippen LogP contribution in [0.4, 0.5) is 14.6 Å². The minimum atomic E-state index is -0.856. The van der Waals surface area contributed by atoms with Crippen LogP contribution >= 0.6 is 11.8 Å². The average molecular weight is 295 g/mol. The van der Waals surface area contributed by atoms with Crippen molar-refractivity contribution in [3.63, 3.8) is 0 Å². The third-order valence-corrected chi connectivity index (χ3v) is 3.78. The van der Waals surface area contributed by atoms with Gasteiger partial charge < -0.3 is 5.32 Å². The summed E-state index contributed by atoms with van der Waals surface area (Å²) in [5.74, 6) is -0.933. The number of nitrogens with one attached hydrogen (secondary N) is 1. The summed E-state index contributed by atoms with van der Waals surface area (Å²) in [7, 11) is 0. The number of anilines is 1. The Balaban J connectivity index is 2.22. The first kappa shape index (κ1) is 14.7. The molecular weight excluding hydrogens is 280 g/mol. The molecular formula is C14H15F2N3S. The zero-order valence-electron chi connectivity index (χ0n) is 11.3. The molecule has 0 saturated heterocycles. The number of nitrogens with zero attached hydrogens (tertiary/aromatic N) is 2. The molecule has 20 heavy (non-hydrogen) atoms. The molecule has 1 heterocycles. The highest BCUT2D eigenvalue weighted by Crippen LogP contribution is 2.31. The van der Waals surface area contributed by atoms with Gasteiger partial charge in [0.1, 0.15) is 17.2 Å². The van der Waals surface area contributed by atoms with Crippen LogP contribution in [0.15, 0.2) is 34.4 Å². The van der Waals surface area contributed by atoms with Gasteiger partial charge in [-0.15, -0.1) is 0 Å². The fraction of sp³-hybridized carbons (Fsp3) is 0.286. The number of aromatic nitrogens is 2. The van der Waals surface area contributed by atoms with Crippen molar-refractivity contribution in [1.82, 2.24) is 9.97 Å². The van der Waals surface area contributed by atoms with Gasteiger partial charge in [-0.3, -0.25) is 0 Å². The highest BCUT2D eigenvalue weighted by molar-refractivity contribution is 7.99. The van der Waals surface area contributed by atoms with E-state index in [2.05, 4.69) is 22.2 Å². The van der Waals surface area contributed by atoms with Crippen LogP contribution in [0.5, 0.6) is 0 Å². The van der Waals surface area contributed by atoms with Crippen LogP contribution in [0.2, 0.25) is 0 Å². The highest BCUT2D eigenvalue weighted by atomic mass is 32.2. The van der Waals surface area contributed by atoms with Gasteiger partial charge in [0.15, 0.2) is 11.6 Å². The van der Waals surface area contributed by atoms with Crippen molar-refractivity contribution in [2.75, 3.05) is 11.9 Å². The predicted octanol–water partition coefficient (Wildman–Crippen LogP) is 4.04. The quantitative estimate of drug-likeness (QED) is 0.845. The summed E-state index contributed by atoms with van der Waals surface area (Å²) >= 11 is 1.29. The smallest absolute Gasteiger partial charge is 0.159 e. The minimum absolute atomic E-state index is 0.604. The van der Waals surface area contributed by atoms with Gasteiger partial charge >= 0.3 is 0 Å². The number of benzene rings is 1. The molecule has 0 aliphatic carbocycles. The standard InChI is InChI=1S/C14H15F2N3S/c1-3-6-17-13-9(2)14(19-8-18-13)20-10-4-5-11(15)12(16)7-10/h4-5,7-8H,3,6H2,1-2H3,(H,17,18,19). The Morgan fingerprint density at radius 1 is 1.20 bits per heavy atom. The third-order valence-electron chi connectivity index (χ3n) is 2.69. The van der Waals surface area contributed by atoms with Gasteiger partial charge in [0, 0.05) is 17.0 Å². The van der Waals surface area contributed by atoms with Crippen molar-refractivity contribution >= 4 is 17.6 Å². The van der Waals surface area contributed by atoms with E-state index >= 15 is 0 Å². The molecule has 106 valence electrons. The summed E-state index contributed by atoms with van der Waals surface area (Å²) < 4.78 is 26.1. The first-order chi connectivity index (χ1) is 9.61. The Hall–Kier alpha value is -1.69. The number of hydrogen-bond donors (Lipinski definition) is 1. The van der Waals surface area contributed by atoms with E-state index in [-0.39, 0.29) is 0 Å². The predicted molar refractivity (Wildman–Crippen MR) is 76.0 cm³/mol. The second-order valence-corrected chi connectivity index (χ2v) is 5.32. The summed E-state index contributed by atoms with van der Waals surface area (Å²) in [6, 6.07) is 3.81. The van der Waals surface area contributed by atoms with Gasteiger partial charge in [-0.1, -0.05) is 18.7 Å². The lowest BCUT2D eigenvalue weighted by molar-refractivity contribution is 0.506. The van der Waals surface area contributed by atoms with E-state index in [1.165, 1.54) is 30.2 Å². The molecule has 0 aliphatic heterocycles. The van der Waals surface area contributed by atoms with Crippen LogP contribution in [-0.4, -0.2) is 16.5 Å². The zero-order chi connectivity index (χ0) is 14.5. The van der Waals surface area contributed by atoms with E-state index in [4.69, 9.17) is 0 Å². The van der Waals surface area contributed by atoms with Gasteiger partial charge in [0.25, 0.3) is 0 Å². The van der Waals surface area contributed by atoms with Gasteiger partial charge in [-0.25, -0.2) is 18.7 Å². The maximum Gasteiger partial charge on any atom is 0.159 e. The monoisotopic (exact) mass is 295 g/mol. The van der Waals surface area contributed by atoms with Crippen molar-refractivity contribution in [2.45, 2.75) is 30.2 Å². The first-order valence-corrected chi connectivity index (χ1v) is 7.12. The molecule has 0 atom stereocenters. The lowest BCUT2D eigenvalue weighted by Gasteiger charge is -2.10. The molecule has 0 bridgehead atoms. The lowest BCUT2D eigenvalue weighted by atomic mass is 10.3. The molecule has 2 aromatic rings. The second-order valence-electron chi connectivity index (χ2n) is 4.26. The third kappa shape index (κ3) is 3.45. The summed E-state index contributed by atoms with van der Waals surface area (Å²) in [5.41, 5.74) is 0.899. The first-order valence-electron chi connectivity index (χ1n) is 6.30. The normalized spacial score (nSPS) is 10.6. The second kappa shape index (κ2) is 6.65. The molecule has 1 N–H and O–H groups in total. The van der Waals surface area contributed by atoms with Crippen molar-refractivity contribution in [3.8, 4) is 0 Å². The zero-order valence-corrected chi connectivity index (χ0v) is 12.1. The Labute approximate surface area is 120 Å². The van der Waals surface area contributed by atoms with Gasteiger partial charge in [-0.05, 0) is 31.5 Å². The van der Waals surface area contributed by atoms with Crippen LogP contribution in [0.25, 0.3) is 0 Å². The molecule has 1 aromatic carbocycles. The largest absolute Gasteiger partial charge is 0.370 e. The summed E-state index contributed by atoms with van der Waals surface area (Å²) in [6.45, 7) is 4.80. The SMILES string of the molecule is CCCNc1ncnc(Sc2ccc(F)c(F)c2)c1C. The molecule has 3 nitrogen and oxygen atoms in total. The fourth-order valence-electron chi connectivity index (χ4n) is 1.61. The Morgan fingerprint density at radius 3 is 2.70 bits per heavy atom. The molecule has 0 amide bonds. The summed E-state index contributed by atoms with van der Waals surface area (Å²) in [4.78, 5) is 8.97. The van der Waals surface area contributed by atoms with E-state index in [1.54, 1.807) is 0 Å². The van der Waals surface area contributed by atoms with Crippen LogP contribution in [-0.2, 0) is 0 Å². The molecule has 0 aliphatic rings. The molecule has 0 fully saturated rings. The molecule has 6 heteroatoms. The van der Waals surface area contributed by atoms with Crippen LogP contribution in [0, 0.1) is 18.6 Å². The van der Waals surface area contributed by atoms with Gasteiger partial charge in [0.05, 0.1) is 0 Å². The number of hydrogen-bond acceptors (Lipinski definition) is 4. The topological polar surface area (TPSA) is 37.8 Å². The van der Waals surface area contributed by atoms with E-state index < -0.39 is 11.6 Å². The Kier molecular flexibility index (Phi) is 4.89. The van der Waals surface area contributed by atoms with Gasteiger partial charge in [0.2, 0.25) is 0 Å². The molecule has 0 radical (unpaired) electrons.